The fraction of sp³-hybridized carbons (Fsp3) is 0.0714. The minimum Gasteiger partial charge on any atom is -0.230 e. The zero-order valence-electron chi connectivity index (χ0n) is 11.7. The van der Waals surface area contributed by atoms with E-state index in [-0.39, 0.29) is 5.02 Å². The van der Waals surface area contributed by atoms with Crippen molar-refractivity contribution < 1.29 is 13.2 Å². The standard InChI is InChI=1S/C14H8BCl2F3N2S/c15-13-4-3-11(23-13)10-6-12(14(18,19)20)21-22(10)9-5-7(16)1-2-8(9)17/h1-6H,15H2. The van der Waals surface area contributed by atoms with Gasteiger partial charge >= 0.3 is 6.18 Å². The predicted molar refractivity (Wildman–Crippen MR) is 90.1 cm³/mol. The maximum absolute atomic E-state index is 13.1. The molecule has 0 radical (unpaired) electrons. The van der Waals surface area contributed by atoms with Gasteiger partial charge in [0.1, 0.15) is 0 Å². The van der Waals surface area contributed by atoms with Crippen LogP contribution in [0.15, 0.2) is 36.4 Å². The van der Waals surface area contributed by atoms with E-state index in [1.807, 2.05) is 13.9 Å². The molecule has 0 amide bonds. The monoisotopic (exact) mass is 374 g/mol. The van der Waals surface area contributed by atoms with Gasteiger partial charge in [-0.25, -0.2) is 4.68 Å². The van der Waals surface area contributed by atoms with Crippen LogP contribution in [0.3, 0.4) is 0 Å². The zero-order chi connectivity index (χ0) is 16.8. The van der Waals surface area contributed by atoms with Crippen molar-refractivity contribution in [2.45, 2.75) is 6.18 Å². The van der Waals surface area contributed by atoms with E-state index < -0.39 is 11.9 Å². The molecule has 0 saturated heterocycles. The topological polar surface area (TPSA) is 17.8 Å². The largest absolute Gasteiger partial charge is 0.435 e. The summed E-state index contributed by atoms with van der Waals surface area (Å²) in [4.78, 5) is 0.668. The molecule has 2 aromatic heterocycles. The van der Waals surface area contributed by atoms with E-state index in [2.05, 4.69) is 5.10 Å². The van der Waals surface area contributed by atoms with Crippen molar-refractivity contribution in [1.29, 1.82) is 0 Å². The minimum atomic E-state index is -4.54. The third kappa shape index (κ3) is 3.27. The fourth-order valence-electron chi connectivity index (χ4n) is 2.10. The summed E-state index contributed by atoms with van der Waals surface area (Å²) in [7, 11) is 1.88. The number of alkyl halides is 3. The summed E-state index contributed by atoms with van der Waals surface area (Å²) in [5, 5.41) is 4.32. The summed E-state index contributed by atoms with van der Waals surface area (Å²) in [5.41, 5.74) is -0.357. The van der Waals surface area contributed by atoms with E-state index in [0.717, 1.165) is 10.8 Å². The number of hydrogen-bond acceptors (Lipinski definition) is 2. The van der Waals surface area contributed by atoms with Crippen molar-refractivity contribution >= 4 is 47.2 Å². The second-order valence-corrected chi connectivity index (χ2v) is 6.96. The van der Waals surface area contributed by atoms with Gasteiger partial charge in [0, 0.05) is 5.02 Å². The normalized spacial score (nSPS) is 11.9. The number of nitrogens with zero attached hydrogens (tertiary/aromatic N) is 2. The Morgan fingerprint density at radius 1 is 1.09 bits per heavy atom. The van der Waals surface area contributed by atoms with Gasteiger partial charge in [0.15, 0.2) is 13.5 Å². The number of halogens is 5. The number of benzene rings is 1. The Balaban J connectivity index is 2.26. The van der Waals surface area contributed by atoms with Crippen molar-refractivity contribution in [3.63, 3.8) is 0 Å². The molecule has 0 spiro atoms. The summed E-state index contributed by atoms with van der Waals surface area (Å²) >= 11 is 13.4. The predicted octanol–water partition coefficient (Wildman–Crippen LogP) is 4.18. The second kappa shape index (κ2) is 5.89. The Bertz CT molecular complexity index is 873. The zero-order valence-corrected chi connectivity index (χ0v) is 14.0. The molecule has 1 aromatic carbocycles. The first-order valence-electron chi connectivity index (χ1n) is 6.45. The van der Waals surface area contributed by atoms with Crippen molar-refractivity contribution in [3.05, 3.63) is 52.1 Å². The molecular weight excluding hydrogens is 367 g/mol. The molecule has 23 heavy (non-hydrogen) atoms. The molecule has 0 aliphatic heterocycles. The lowest BCUT2D eigenvalue weighted by Gasteiger charge is -2.09. The SMILES string of the molecule is Bc1ccc(-c2cc(C(F)(F)F)nn2-c2cc(Cl)ccc2Cl)s1. The third-order valence-electron chi connectivity index (χ3n) is 3.13. The van der Waals surface area contributed by atoms with Crippen molar-refractivity contribution in [3.8, 4) is 16.3 Å². The molecular formula is C14H8BCl2F3N2S. The molecule has 0 aliphatic rings. The van der Waals surface area contributed by atoms with Gasteiger partial charge < -0.3 is 0 Å². The molecule has 0 unspecified atom stereocenters. The molecule has 0 N–H and O–H groups in total. The first-order valence-corrected chi connectivity index (χ1v) is 8.02. The summed E-state index contributed by atoms with van der Waals surface area (Å²) in [5.74, 6) is 0. The lowest BCUT2D eigenvalue weighted by atomic mass is 10.1. The van der Waals surface area contributed by atoms with Gasteiger partial charge in [0.25, 0.3) is 0 Å². The van der Waals surface area contributed by atoms with Crippen LogP contribution >= 0.6 is 34.5 Å². The Kier molecular flexibility index (Phi) is 4.20. The van der Waals surface area contributed by atoms with Crippen molar-refractivity contribution in [1.82, 2.24) is 9.78 Å². The highest BCUT2D eigenvalue weighted by atomic mass is 35.5. The van der Waals surface area contributed by atoms with Gasteiger partial charge in [-0.05, 0) is 35.1 Å². The highest BCUT2D eigenvalue weighted by molar-refractivity contribution is 7.23. The van der Waals surface area contributed by atoms with E-state index in [0.29, 0.717) is 21.3 Å². The van der Waals surface area contributed by atoms with Crippen molar-refractivity contribution in [2.24, 2.45) is 0 Å². The maximum atomic E-state index is 13.1. The first kappa shape index (κ1) is 16.4. The number of hydrogen-bond donors (Lipinski definition) is 0. The Hall–Kier alpha value is -1.44. The summed E-state index contributed by atoms with van der Waals surface area (Å²) in [6.45, 7) is 0. The van der Waals surface area contributed by atoms with E-state index in [9.17, 15) is 13.2 Å². The average molecular weight is 375 g/mol. The Morgan fingerprint density at radius 3 is 2.43 bits per heavy atom. The number of thiophene rings is 1. The van der Waals surface area contributed by atoms with E-state index in [4.69, 9.17) is 23.2 Å². The molecule has 0 aliphatic carbocycles. The summed E-state index contributed by atoms with van der Waals surface area (Å²) < 4.78 is 41.4. The number of aromatic nitrogens is 2. The van der Waals surface area contributed by atoms with Gasteiger partial charge in [-0.2, -0.15) is 18.3 Å². The van der Waals surface area contributed by atoms with Crippen LogP contribution in [0.4, 0.5) is 13.2 Å². The van der Waals surface area contributed by atoms with Gasteiger partial charge in [0.2, 0.25) is 0 Å². The van der Waals surface area contributed by atoms with Crippen LogP contribution in [-0.2, 0) is 6.18 Å². The molecule has 2 nitrogen and oxygen atoms in total. The van der Waals surface area contributed by atoms with E-state index >= 15 is 0 Å². The highest BCUT2D eigenvalue weighted by Crippen LogP contribution is 2.36. The third-order valence-corrected chi connectivity index (χ3v) is 4.71. The quantitative estimate of drug-likeness (QED) is 0.615. The second-order valence-electron chi connectivity index (χ2n) is 4.83. The molecule has 3 aromatic rings. The lowest BCUT2D eigenvalue weighted by Crippen LogP contribution is -2.07. The molecule has 3 rings (SSSR count). The van der Waals surface area contributed by atoms with Gasteiger partial charge in [-0.15, -0.1) is 11.3 Å². The van der Waals surface area contributed by atoms with Crippen LogP contribution in [0.2, 0.25) is 10.0 Å². The van der Waals surface area contributed by atoms with Crippen molar-refractivity contribution in [2.75, 3.05) is 0 Å². The van der Waals surface area contributed by atoms with Gasteiger partial charge in [0.05, 0.1) is 21.3 Å². The minimum absolute atomic E-state index is 0.265. The smallest absolute Gasteiger partial charge is 0.230 e. The highest BCUT2D eigenvalue weighted by Gasteiger charge is 2.35. The molecule has 2 heterocycles. The van der Waals surface area contributed by atoms with E-state index in [1.54, 1.807) is 12.1 Å². The van der Waals surface area contributed by atoms with Crippen LogP contribution < -0.4 is 4.78 Å². The van der Waals surface area contributed by atoms with Crippen LogP contribution in [0.25, 0.3) is 16.3 Å². The van der Waals surface area contributed by atoms with Crippen LogP contribution in [0, 0.1) is 0 Å². The molecule has 0 saturated carbocycles. The Labute approximate surface area is 144 Å². The molecule has 0 fully saturated rings. The lowest BCUT2D eigenvalue weighted by molar-refractivity contribution is -0.141. The fourth-order valence-corrected chi connectivity index (χ4v) is 3.33. The van der Waals surface area contributed by atoms with E-state index in [1.165, 1.54) is 28.2 Å². The first-order chi connectivity index (χ1) is 10.8. The van der Waals surface area contributed by atoms with Gasteiger partial charge in [-0.3, -0.25) is 0 Å². The molecule has 9 heteroatoms. The molecule has 118 valence electrons. The van der Waals surface area contributed by atoms with Crippen LogP contribution in [0.5, 0.6) is 0 Å². The van der Waals surface area contributed by atoms with Crippen LogP contribution in [0.1, 0.15) is 5.69 Å². The van der Waals surface area contributed by atoms with Crippen LogP contribution in [-0.4, -0.2) is 17.6 Å². The Morgan fingerprint density at radius 2 is 1.83 bits per heavy atom. The summed E-state index contributed by atoms with van der Waals surface area (Å²) in [6.07, 6.45) is -4.54. The average Bonchev–Trinajstić information content (AvgIpc) is 3.07. The number of rotatable bonds is 2. The summed E-state index contributed by atoms with van der Waals surface area (Å²) in [6, 6.07) is 9.19. The maximum Gasteiger partial charge on any atom is 0.435 e. The van der Waals surface area contributed by atoms with Gasteiger partial charge in [-0.1, -0.05) is 29.3 Å². The molecule has 0 bridgehead atoms. The molecule has 0 atom stereocenters.